The van der Waals surface area contributed by atoms with Crippen molar-refractivity contribution in [2.45, 2.75) is 165 Å². The van der Waals surface area contributed by atoms with E-state index < -0.39 is 35.8 Å². The molecule has 0 bridgehead atoms. The first-order valence-corrected chi connectivity index (χ1v) is 24.8. The van der Waals surface area contributed by atoms with Crippen LogP contribution in [-0.4, -0.2) is 68.8 Å². The number of unbranched alkanes of at least 4 members (excludes halogenated alkanes) is 18. The number of ether oxygens (including phenoxy) is 2. The summed E-state index contributed by atoms with van der Waals surface area (Å²) in [6.45, 7) is 4.47. The molecule has 10 nitrogen and oxygen atoms in total. The first-order chi connectivity index (χ1) is 28.8. The van der Waals surface area contributed by atoms with E-state index in [1.54, 1.807) is 18.2 Å². The number of hydrogen-bond donors (Lipinski definition) is 2. The van der Waals surface area contributed by atoms with Crippen LogP contribution in [0, 0.1) is 0 Å². The van der Waals surface area contributed by atoms with E-state index in [4.69, 9.17) is 9.47 Å². The Morgan fingerprint density at radius 3 is 1.28 bits per heavy atom. The topological polar surface area (TPSA) is 173 Å². The third kappa shape index (κ3) is 21.9. The fourth-order valence-electron chi connectivity index (χ4n) is 7.01. The molecule has 0 saturated heterocycles. The molecule has 13 heteroatoms. The molecular weight excluding hydrogens is 841 g/mol. The zero-order valence-corrected chi connectivity index (χ0v) is 40.2. The summed E-state index contributed by atoms with van der Waals surface area (Å²) in [6.07, 6.45) is 26.9. The van der Waals surface area contributed by atoms with Crippen LogP contribution in [0.3, 0.4) is 0 Å². The summed E-state index contributed by atoms with van der Waals surface area (Å²) in [4.78, 5) is -1.07. The van der Waals surface area contributed by atoms with Gasteiger partial charge in [-0.2, -0.15) is 8.42 Å². The van der Waals surface area contributed by atoms with Crippen LogP contribution in [0.1, 0.15) is 153 Å². The van der Waals surface area contributed by atoms with E-state index in [-0.39, 0.29) is 55.0 Å². The van der Waals surface area contributed by atoms with E-state index in [1.165, 1.54) is 127 Å². The Kier molecular flexibility index (Phi) is 27.0. The fourth-order valence-corrected chi connectivity index (χ4v) is 8.26. The third-order valence-electron chi connectivity index (χ3n) is 10.4. The number of benzene rings is 4. The molecule has 0 aromatic heterocycles. The smallest absolute Gasteiger partial charge is 0.872 e. The van der Waals surface area contributed by atoms with E-state index in [2.05, 4.69) is 13.8 Å². The van der Waals surface area contributed by atoms with Gasteiger partial charge in [0.25, 0.3) is 10.1 Å². The van der Waals surface area contributed by atoms with Gasteiger partial charge in [0.05, 0.1) is 4.90 Å². The van der Waals surface area contributed by atoms with Gasteiger partial charge in [-0.1, -0.05) is 172 Å². The summed E-state index contributed by atoms with van der Waals surface area (Å²) in [6, 6.07) is 21.8. The standard InChI is InChI=1S/2C24H34O5S.Ca/c2*1-2-3-4-5-6-7-8-9-10-11-14-20-15-12-13-16-22(20)29-23-18-17-21(25)19-24(23)30(26,27)28;/h2*12-13,15-19,25H,2-11,14H2,1H3,(H,26,27,28);/q;;+2/p-2. The Hall–Kier alpha value is -2.84. The van der Waals surface area contributed by atoms with Gasteiger partial charge in [0.2, 0.25) is 0 Å². The van der Waals surface area contributed by atoms with Gasteiger partial charge in [0.1, 0.15) is 43.8 Å². The van der Waals surface area contributed by atoms with Crippen LogP contribution in [-0.2, 0) is 33.1 Å². The van der Waals surface area contributed by atoms with Gasteiger partial charge in [-0.25, -0.2) is 8.42 Å². The number of phenolic OH excluding ortho intramolecular Hbond substituents is 1. The number of aryl methyl sites for hydroxylation is 2. The molecule has 332 valence electrons. The van der Waals surface area contributed by atoms with Crippen molar-refractivity contribution < 1.29 is 45.6 Å². The van der Waals surface area contributed by atoms with Crippen LogP contribution in [0.5, 0.6) is 34.5 Å². The fraction of sp³-hybridized carbons (Fsp3) is 0.500. The van der Waals surface area contributed by atoms with Crippen LogP contribution in [0.25, 0.3) is 0 Å². The second kappa shape index (κ2) is 30.3. The van der Waals surface area contributed by atoms with Crippen LogP contribution < -0.4 is 14.6 Å². The first kappa shape index (κ1) is 54.3. The van der Waals surface area contributed by atoms with Crippen molar-refractivity contribution in [3.05, 3.63) is 96.1 Å². The molecule has 0 spiro atoms. The van der Waals surface area contributed by atoms with Crippen molar-refractivity contribution in [1.29, 1.82) is 0 Å². The van der Waals surface area contributed by atoms with Gasteiger partial charge in [0.15, 0.2) is 0 Å². The van der Waals surface area contributed by atoms with E-state index in [0.717, 1.165) is 61.8 Å². The number of para-hydroxylation sites is 2. The van der Waals surface area contributed by atoms with Gasteiger partial charge in [0, 0.05) is 6.07 Å². The van der Waals surface area contributed by atoms with Gasteiger partial charge in [-0.3, -0.25) is 4.55 Å². The van der Waals surface area contributed by atoms with Crippen molar-refractivity contribution in [3.8, 4) is 34.5 Å². The third-order valence-corrected chi connectivity index (χ3v) is 12.1. The van der Waals surface area contributed by atoms with Gasteiger partial charge >= 0.3 is 37.7 Å². The van der Waals surface area contributed by atoms with E-state index in [0.29, 0.717) is 11.5 Å². The van der Waals surface area contributed by atoms with E-state index in [9.17, 15) is 36.2 Å². The molecule has 0 amide bonds. The molecule has 0 heterocycles. The van der Waals surface area contributed by atoms with E-state index in [1.807, 2.05) is 30.3 Å². The molecule has 0 aliphatic rings. The molecule has 4 rings (SSSR count). The molecule has 0 aliphatic carbocycles. The summed E-state index contributed by atoms with van der Waals surface area (Å²) in [7, 11) is -9.31. The monoisotopic (exact) mass is 906 g/mol. The molecule has 0 saturated carbocycles. The number of phenols is 1. The van der Waals surface area contributed by atoms with Crippen LogP contribution >= 0.6 is 0 Å². The zero-order chi connectivity index (χ0) is 43.6. The summed E-state index contributed by atoms with van der Waals surface area (Å²) in [5.74, 6) is 0.149. The molecule has 0 atom stereocenters. The Morgan fingerprint density at radius 2 is 0.869 bits per heavy atom. The predicted molar refractivity (Wildman–Crippen MR) is 242 cm³/mol. The summed E-state index contributed by atoms with van der Waals surface area (Å²) < 4.78 is 78.7. The van der Waals surface area contributed by atoms with E-state index >= 15 is 0 Å². The maximum atomic E-state index is 11.6. The van der Waals surface area contributed by atoms with Crippen LogP contribution in [0.2, 0.25) is 0 Å². The Labute approximate surface area is 396 Å². The normalized spacial score (nSPS) is 11.3. The zero-order valence-electron chi connectivity index (χ0n) is 36.3. The minimum atomic E-state index is -4.80. The Morgan fingerprint density at radius 1 is 0.492 bits per heavy atom. The van der Waals surface area contributed by atoms with Gasteiger partial charge in [-0.05, 0) is 73.2 Å². The molecule has 0 radical (unpaired) electrons. The maximum absolute atomic E-state index is 11.6. The molecule has 2 N–H and O–H groups in total. The van der Waals surface area contributed by atoms with Gasteiger partial charge in [-0.15, -0.1) is 5.75 Å². The minimum absolute atomic E-state index is 0. The first-order valence-electron chi connectivity index (χ1n) is 21.9. The Balaban J connectivity index is 0.000000413. The maximum Gasteiger partial charge on any atom is 2.00 e. The molecule has 0 unspecified atom stereocenters. The second-order valence-corrected chi connectivity index (χ2v) is 18.2. The number of rotatable bonds is 28. The SMILES string of the molecule is CCCCCCCCCCCCc1ccccc1Oc1ccc(O)cc1S(=O)(=O)O.CCCCCCCCCCCCc1ccccc1Oc1ccc([O-])cc1S(=O)(=O)[O-].[Ca+2]. The molecule has 0 aliphatic heterocycles. The summed E-state index contributed by atoms with van der Waals surface area (Å²) in [5.41, 5.74) is 1.95. The van der Waals surface area contributed by atoms with Crippen molar-refractivity contribution in [2.75, 3.05) is 0 Å². The van der Waals surface area contributed by atoms with Crippen LogP contribution in [0.4, 0.5) is 0 Å². The molecule has 61 heavy (non-hydrogen) atoms. The molecule has 0 fully saturated rings. The van der Waals surface area contributed by atoms with Crippen molar-refractivity contribution >= 4 is 58.0 Å². The summed E-state index contributed by atoms with van der Waals surface area (Å²) in [5, 5.41) is 21.0. The number of aromatic hydroxyl groups is 1. The molecular formula is C48H66CaO10S2. The predicted octanol–water partition coefficient (Wildman–Crippen LogP) is 12.4. The van der Waals surface area contributed by atoms with Crippen molar-refractivity contribution in [2.24, 2.45) is 0 Å². The van der Waals surface area contributed by atoms with Crippen molar-refractivity contribution in [3.63, 3.8) is 0 Å². The Bertz CT molecular complexity index is 1910. The van der Waals surface area contributed by atoms with Crippen LogP contribution in [0.15, 0.2) is 94.7 Å². The minimum Gasteiger partial charge on any atom is -0.872 e. The molecule has 4 aromatic rings. The average molecular weight is 907 g/mol. The van der Waals surface area contributed by atoms with Crippen molar-refractivity contribution in [1.82, 2.24) is 0 Å². The average Bonchev–Trinajstić information content (AvgIpc) is 3.21. The quantitative estimate of drug-likeness (QED) is 0.0317. The molecule has 4 aromatic carbocycles. The second-order valence-electron chi connectivity index (χ2n) is 15.5. The summed E-state index contributed by atoms with van der Waals surface area (Å²) >= 11 is 0. The number of hydrogen-bond acceptors (Lipinski definition) is 9. The largest absolute Gasteiger partial charge is 2.00 e. The van der Waals surface area contributed by atoms with Gasteiger partial charge < -0.3 is 24.2 Å².